The highest BCUT2D eigenvalue weighted by Crippen LogP contribution is 2.19. The molecule has 2 N–H and O–H groups in total. The summed E-state index contributed by atoms with van der Waals surface area (Å²) in [6.07, 6.45) is 0. The van der Waals surface area contributed by atoms with Crippen molar-refractivity contribution in [2.24, 2.45) is 11.7 Å². The molecule has 0 amide bonds. The number of anilines is 1. The molecule has 18 heavy (non-hydrogen) atoms. The minimum Gasteiger partial charge on any atom is -0.383 e. The summed E-state index contributed by atoms with van der Waals surface area (Å²) in [6.45, 7) is 9.19. The van der Waals surface area contributed by atoms with Gasteiger partial charge in [0.15, 0.2) is 0 Å². The summed E-state index contributed by atoms with van der Waals surface area (Å²) in [5.74, 6) is 0.634. The number of nitrogens with two attached hydrogens (primary N) is 1. The van der Waals surface area contributed by atoms with Crippen LogP contribution in [0, 0.1) is 5.92 Å². The van der Waals surface area contributed by atoms with Crippen molar-refractivity contribution in [3.63, 3.8) is 0 Å². The van der Waals surface area contributed by atoms with Crippen molar-refractivity contribution in [1.29, 1.82) is 0 Å². The molecule has 1 rings (SSSR count). The van der Waals surface area contributed by atoms with Crippen LogP contribution in [0.1, 0.15) is 32.4 Å². The van der Waals surface area contributed by atoms with Crippen LogP contribution in [0.25, 0.3) is 0 Å². The molecule has 0 spiro atoms. The van der Waals surface area contributed by atoms with Gasteiger partial charge in [0.1, 0.15) is 0 Å². The zero-order valence-electron chi connectivity index (χ0n) is 12.0. The number of hydrogen-bond donors (Lipinski definition) is 1. The number of rotatable bonds is 7. The van der Waals surface area contributed by atoms with E-state index in [4.69, 9.17) is 10.5 Å². The molecule has 0 saturated heterocycles. The molecule has 0 aliphatic carbocycles. The normalized spacial score (nSPS) is 12.8. The van der Waals surface area contributed by atoms with Gasteiger partial charge in [0.05, 0.1) is 6.61 Å². The lowest BCUT2D eigenvalue weighted by atomic mass is 10.1. The van der Waals surface area contributed by atoms with Crippen molar-refractivity contribution in [3.8, 4) is 0 Å². The van der Waals surface area contributed by atoms with Crippen molar-refractivity contribution in [1.82, 2.24) is 0 Å². The molecular weight excluding hydrogens is 224 g/mol. The van der Waals surface area contributed by atoms with E-state index < -0.39 is 0 Å². The van der Waals surface area contributed by atoms with Crippen LogP contribution in [0.4, 0.5) is 5.69 Å². The summed E-state index contributed by atoms with van der Waals surface area (Å²) in [4.78, 5) is 2.36. The van der Waals surface area contributed by atoms with Crippen LogP contribution in [0.5, 0.6) is 0 Å². The van der Waals surface area contributed by atoms with E-state index in [-0.39, 0.29) is 6.04 Å². The summed E-state index contributed by atoms with van der Waals surface area (Å²) >= 11 is 0. The van der Waals surface area contributed by atoms with Gasteiger partial charge in [0.2, 0.25) is 0 Å². The number of benzene rings is 1. The Kier molecular flexibility index (Phi) is 6.16. The van der Waals surface area contributed by atoms with Gasteiger partial charge >= 0.3 is 0 Å². The topological polar surface area (TPSA) is 38.5 Å². The SMILES string of the molecule is COCCN(CC(C)C)c1ccc(C(C)N)cc1. The quantitative estimate of drug-likeness (QED) is 0.808. The average molecular weight is 250 g/mol. The summed E-state index contributed by atoms with van der Waals surface area (Å²) < 4.78 is 5.18. The number of hydrogen-bond acceptors (Lipinski definition) is 3. The third kappa shape index (κ3) is 4.67. The van der Waals surface area contributed by atoms with Crippen molar-refractivity contribution < 1.29 is 4.74 Å². The van der Waals surface area contributed by atoms with Gasteiger partial charge in [0, 0.05) is 31.9 Å². The third-order valence-electron chi connectivity index (χ3n) is 2.93. The lowest BCUT2D eigenvalue weighted by Gasteiger charge is -2.26. The van der Waals surface area contributed by atoms with Crippen LogP contribution in [0.15, 0.2) is 24.3 Å². The first-order valence-corrected chi connectivity index (χ1v) is 6.64. The molecule has 0 aliphatic rings. The lowest BCUT2D eigenvalue weighted by molar-refractivity contribution is 0.204. The van der Waals surface area contributed by atoms with E-state index in [1.807, 2.05) is 6.92 Å². The molecule has 0 saturated carbocycles. The zero-order valence-corrected chi connectivity index (χ0v) is 12.0. The molecule has 0 fully saturated rings. The zero-order chi connectivity index (χ0) is 13.5. The van der Waals surface area contributed by atoms with E-state index in [2.05, 4.69) is 43.0 Å². The fourth-order valence-electron chi connectivity index (χ4n) is 1.96. The second kappa shape index (κ2) is 7.39. The Balaban J connectivity index is 2.77. The molecule has 102 valence electrons. The van der Waals surface area contributed by atoms with Crippen molar-refractivity contribution >= 4 is 5.69 Å². The first kappa shape index (κ1) is 15.0. The number of ether oxygens (including phenoxy) is 1. The van der Waals surface area contributed by atoms with Crippen LogP contribution >= 0.6 is 0 Å². The molecule has 3 nitrogen and oxygen atoms in total. The largest absolute Gasteiger partial charge is 0.383 e. The molecule has 0 aromatic heterocycles. The Hall–Kier alpha value is -1.06. The van der Waals surface area contributed by atoms with Crippen LogP contribution in [-0.4, -0.2) is 26.8 Å². The Bertz CT molecular complexity index is 333. The molecule has 0 aliphatic heterocycles. The van der Waals surface area contributed by atoms with E-state index >= 15 is 0 Å². The van der Waals surface area contributed by atoms with E-state index in [1.165, 1.54) is 11.3 Å². The fraction of sp³-hybridized carbons (Fsp3) is 0.600. The molecule has 1 aromatic carbocycles. The van der Waals surface area contributed by atoms with Gasteiger partial charge in [-0.3, -0.25) is 0 Å². The Labute approximate surface area is 111 Å². The van der Waals surface area contributed by atoms with Gasteiger partial charge in [-0.2, -0.15) is 0 Å². The van der Waals surface area contributed by atoms with Crippen molar-refractivity contribution in [2.45, 2.75) is 26.8 Å². The fourth-order valence-corrected chi connectivity index (χ4v) is 1.96. The van der Waals surface area contributed by atoms with Gasteiger partial charge < -0.3 is 15.4 Å². The average Bonchev–Trinajstić information content (AvgIpc) is 2.34. The highest BCUT2D eigenvalue weighted by atomic mass is 16.5. The van der Waals surface area contributed by atoms with Crippen LogP contribution in [0.3, 0.4) is 0 Å². The number of nitrogens with zero attached hydrogens (tertiary/aromatic N) is 1. The molecule has 1 aromatic rings. The first-order valence-electron chi connectivity index (χ1n) is 6.64. The minimum atomic E-state index is 0.0940. The Morgan fingerprint density at radius 2 is 1.78 bits per heavy atom. The highest BCUT2D eigenvalue weighted by molar-refractivity contribution is 5.48. The highest BCUT2D eigenvalue weighted by Gasteiger charge is 2.09. The van der Waals surface area contributed by atoms with E-state index in [1.54, 1.807) is 7.11 Å². The van der Waals surface area contributed by atoms with Gasteiger partial charge in [-0.1, -0.05) is 26.0 Å². The van der Waals surface area contributed by atoms with Crippen molar-refractivity contribution in [2.75, 3.05) is 31.7 Å². The van der Waals surface area contributed by atoms with Gasteiger partial charge in [0.25, 0.3) is 0 Å². The predicted molar refractivity (Wildman–Crippen MR) is 78.0 cm³/mol. The van der Waals surface area contributed by atoms with Crippen molar-refractivity contribution in [3.05, 3.63) is 29.8 Å². The third-order valence-corrected chi connectivity index (χ3v) is 2.93. The standard InChI is InChI=1S/C15H26N2O/c1-12(2)11-17(9-10-18-4)15-7-5-14(6-8-15)13(3)16/h5-8,12-13H,9-11,16H2,1-4H3. The monoisotopic (exact) mass is 250 g/mol. The van der Waals surface area contributed by atoms with Gasteiger partial charge in [-0.15, -0.1) is 0 Å². The summed E-state index contributed by atoms with van der Waals surface area (Å²) in [7, 11) is 1.74. The second-order valence-electron chi connectivity index (χ2n) is 5.21. The smallest absolute Gasteiger partial charge is 0.0637 e. The molecule has 1 atom stereocenters. The van der Waals surface area contributed by atoms with E-state index in [9.17, 15) is 0 Å². The maximum Gasteiger partial charge on any atom is 0.0637 e. The molecule has 3 heteroatoms. The van der Waals surface area contributed by atoms with Crippen LogP contribution in [0.2, 0.25) is 0 Å². The van der Waals surface area contributed by atoms with Gasteiger partial charge in [-0.25, -0.2) is 0 Å². The van der Waals surface area contributed by atoms with Crippen LogP contribution in [-0.2, 0) is 4.74 Å². The molecule has 0 bridgehead atoms. The lowest BCUT2D eigenvalue weighted by Crippen LogP contribution is -2.30. The molecular formula is C15H26N2O. The summed E-state index contributed by atoms with van der Waals surface area (Å²) in [5, 5.41) is 0. The van der Waals surface area contributed by atoms with Gasteiger partial charge in [-0.05, 0) is 30.5 Å². The summed E-state index contributed by atoms with van der Waals surface area (Å²) in [6, 6.07) is 8.62. The van der Waals surface area contributed by atoms with E-state index in [0.717, 1.165) is 19.7 Å². The second-order valence-corrected chi connectivity index (χ2v) is 5.21. The molecule has 1 unspecified atom stereocenters. The maximum absolute atomic E-state index is 5.87. The Morgan fingerprint density at radius 1 is 1.17 bits per heavy atom. The predicted octanol–water partition coefficient (Wildman–Crippen LogP) is 2.82. The van der Waals surface area contributed by atoms with Crippen LogP contribution < -0.4 is 10.6 Å². The first-order chi connectivity index (χ1) is 8.54. The molecule has 0 heterocycles. The summed E-state index contributed by atoms with van der Waals surface area (Å²) in [5.41, 5.74) is 8.28. The minimum absolute atomic E-state index is 0.0940. The maximum atomic E-state index is 5.87. The molecule has 0 radical (unpaired) electrons. The number of methoxy groups -OCH3 is 1. The Morgan fingerprint density at radius 3 is 2.22 bits per heavy atom. The van der Waals surface area contributed by atoms with E-state index in [0.29, 0.717) is 5.92 Å².